The van der Waals surface area contributed by atoms with Gasteiger partial charge in [-0.15, -0.1) is 0 Å². The van der Waals surface area contributed by atoms with Crippen LogP contribution in [0.3, 0.4) is 0 Å². The van der Waals surface area contributed by atoms with Crippen LogP contribution in [0.5, 0.6) is 0 Å². The maximum atomic E-state index is 6.07. The molecule has 116 valence electrons. The van der Waals surface area contributed by atoms with Gasteiger partial charge in [-0.25, -0.2) is 0 Å². The average Bonchev–Trinajstić information content (AvgIpc) is 2.48. The quantitative estimate of drug-likeness (QED) is 0.831. The summed E-state index contributed by atoms with van der Waals surface area (Å²) in [6.07, 6.45) is 5.69. The normalized spacial score (nSPS) is 28.7. The Morgan fingerprint density at radius 1 is 1.14 bits per heavy atom. The van der Waals surface area contributed by atoms with E-state index in [0.29, 0.717) is 0 Å². The first-order chi connectivity index (χ1) is 10.2. The lowest BCUT2D eigenvalue weighted by molar-refractivity contribution is 0.0659. The number of rotatable bonds is 3. The SMILES string of the molecule is C[C@@H]1CCC[C@@H](N2CCN(Cc3cccc(Cl)c3)CC2)C1. The van der Waals surface area contributed by atoms with Crippen LogP contribution in [0, 0.1) is 5.92 Å². The molecule has 1 aliphatic heterocycles. The summed E-state index contributed by atoms with van der Waals surface area (Å²) in [7, 11) is 0. The van der Waals surface area contributed by atoms with Crippen LogP contribution in [0.15, 0.2) is 24.3 Å². The molecule has 0 N–H and O–H groups in total. The molecule has 1 saturated heterocycles. The summed E-state index contributed by atoms with van der Waals surface area (Å²) in [6, 6.07) is 9.13. The van der Waals surface area contributed by atoms with Gasteiger partial charge >= 0.3 is 0 Å². The van der Waals surface area contributed by atoms with Crippen molar-refractivity contribution in [3.05, 3.63) is 34.9 Å². The minimum atomic E-state index is 0.849. The van der Waals surface area contributed by atoms with E-state index in [4.69, 9.17) is 11.6 Å². The van der Waals surface area contributed by atoms with E-state index in [-0.39, 0.29) is 0 Å². The van der Waals surface area contributed by atoms with Crippen LogP contribution in [0.2, 0.25) is 5.02 Å². The summed E-state index contributed by atoms with van der Waals surface area (Å²) in [5.74, 6) is 0.924. The zero-order valence-corrected chi connectivity index (χ0v) is 13.9. The third kappa shape index (κ3) is 4.21. The molecule has 2 aliphatic rings. The van der Waals surface area contributed by atoms with E-state index < -0.39 is 0 Å². The molecular weight excluding hydrogens is 280 g/mol. The smallest absolute Gasteiger partial charge is 0.0409 e. The maximum Gasteiger partial charge on any atom is 0.0409 e. The van der Waals surface area contributed by atoms with E-state index in [2.05, 4.69) is 34.9 Å². The van der Waals surface area contributed by atoms with Gasteiger partial charge in [0, 0.05) is 43.8 Å². The van der Waals surface area contributed by atoms with E-state index >= 15 is 0 Å². The fraction of sp³-hybridized carbons (Fsp3) is 0.667. The predicted molar refractivity (Wildman–Crippen MR) is 89.7 cm³/mol. The Balaban J connectivity index is 1.48. The van der Waals surface area contributed by atoms with Gasteiger partial charge in [-0.3, -0.25) is 9.80 Å². The van der Waals surface area contributed by atoms with Crippen LogP contribution in [-0.4, -0.2) is 42.0 Å². The second-order valence-electron chi connectivity index (χ2n) is 6.87. The largest absolute Gasteiger partial charge is 0.298 e. The molecule has 1 saturated carbocycles. The van der Waals surface area contributed by atoms with Gasteiger partial charge in [0.2, 0.25) is 0 Å². The number of piperazine rings is 1. The maximum absolute atomic E-state index is 6.07. The molecule has 21 heavy (non-hydrogen) atoms. The molecule has 1 aliphatic carbocycles. The highest BCUT2D eigenvalue weighted by Gasteiger charge is 2.27. The van der Waals surface area contributed by atoms with Gasteiger partial charge in [0.05, 0.1) is 0 Å². The topological polar surface area (TPSA) is 6.48 Å². The second-order valence-corrected chi connectivity index (χ2v) is 7.30. The third-order valence-corrected chi connectivity index (χ3v) is 5.36. The average molecular weight is 307 g/mol. The van der Waals surface area contributed by atoms with Gasteiger partial charge in [0.25, 0.3) is 0 Å². The first-order valence-corrected chi connectivity index (χ1v) is 8.79. The summed E-state index contributed by atoms with van der Waals surface area (Å²) >= 11 is 6.07. The molecule has 0 bridgehead atoms. The molecule has 2 atom stereocenters. The number of benzene rings is 1. The number of hydrogen-bond acceptors (Lipinski definition) is 2. The molecule has 0 spiro atoms. The summed E-state index contributed by atoms with van der Waals surface area (Å²) < 4.78 is 0. The Bertz CT molecular complexity index is 454. The van der Waals surface area contributed by atoms with Gasteiger partial charge in [-0.1, -0.05) is 43.5 Å². The van der Waals surface area contributed by atoms with E-state index in [9.17, 15) is 0 Å². The Morgan fingerprint density at radius 2 is 1.95 bits per heavy atom. The van der Waals surface area contributed by atoms with E-state index in [1.165, 1.54) is 57.4 Å². The van der Waals surface area contributed by atoms with Gasteiger partial charge in [-0.05, 0) is 36.5 Å². The highest BCUT2D eigenvalue weighted by molar-refractivity contribution is 6.30. The number of hydrogen-bond donors (Lipinski definition) is 0. The number of halogens is 1. The minimum absolute atomic E-state index is 0.849. The van der Waals surface area contributed by atoms with Gasteiger partial charge in [0.15, 0.2) is 0 Å². The van der Waals surface area contributed by atoms with Crippen molar-refractivity contribution in [1.82, 2.24) is 9.80 Å². The summed E-state index contributed by atoms with van der Waals surface area (Å²) in [6.45, 7) is 8.31. The van der Waals surface area contributed by atoms with Crippen molar-refractivity contribution < 1.29 is 0 Å². The van der Waals surface area contributed by atoms with Gasteiger partial charge in [-0.2, -0.15) is 0 Å². The lowest BCUT2D eigenvalue weighted by Crippen LogP contribution is -2.50. The molecule has 3 heteroatoms. The fourth-order valence-electron chi connectivity index (χ4n) is 3.91. The van der Waals surface area contributed by atoms with Crippen molar-refractivity contribution >= 4 is 11.6 Å². The van der Waals surface area contributed by atoms with Crippen molar-refractivity contribution in [3.63, 3.8) is 0 Å². The molecule has 1 aromatic rings. The molecule has 3 rings (SSSR count). The molecule has 1 heterocycles. The monoisotopic (exact) mass is 306 g/mol. The van der Waals surface area contributed by atoms with Crippen molar-refractivity contribution in [1.29, 1.82) is 0 Å². The standard InChI is InChI=1S/C18H27ClN2/c1-15-4-2-7-18(12-15)21-10-8-20(9-11-21)14-16-5-3-6-17(19)13-16/h3,5-6,13,15,18H,2,4,7-12,14H2,1H3/t15-,18-/m1/s1. The van der Waals surface area contributed by atoms with Crippen molar-refractivity contribution in [2.75, 3.05) is 26.2 Å². The van der Waals surface area contributed by atoms with Crippen LogP contribution in [0.4, 0.5) is 0 Å². The first-order valence-electron chi connectivity index (χ1n) is 8.41. The minimum Gasteiger partial charge on any atom is -0.298 e. The number of nitrogens with zero attached hydrogens (tertiary/aromatic N) is 2. The Labute approximate surface area is 134 Å². The van der Waals surface area contributed by atoms with Crippen LogP contribution in [0.25, 0.3) is 0 Å². The zero-order chi connectivity index (χ0) is 14.7. The molecule has 0 radical (unpaired) electrons. The van der Waals surface area contributed by atoms with Crippen molar-refractivity contribution in [2.24, 2.45) is 5.92 Å². The van der Waals surface area contributed by atoms with Gasteiger partial charge < -0.3 is 0 Å². The zero-order valence-electron chi connectivity index (χ0n) is 13.1. The molecule has 0 unspecified atom stereocenters. The van der Waals surface area contributed by atoms with Crippen LogP contribution in [-0.2, 0) is 6.54 Å². The lowest BCUT2D eigenvalue weighted by Gasteiger charge is -2.42. The molecule has 2 fully saturated rings. The molecule has 0 aromatic heterocycles. The van der Waals surface area contributed by atoms with Gasteiger partial charge in [0.1, 0.15) is 0 Å². The molecular formula is C18H27ClN2. The van der Waals surface area contributed by atoms with Crippen LogP contribution in [0.1, 0.15) is 38.2 Å². The van der Waals surface area contributed by atoms with E-state index in [0.717, 1.165) is 23.5 Å². The lowest BCUT2D eigenvalue weighted by atomic mass is 9.86. The molecule has 0 amide bonds. The van der Waals surface area contributed by atoms with Crippen LogP contribution < -0.4 is 0 Å². The Kier molecular flexibility index (Phi) is 5.20. The molecule has 2 nitrogen and oxygen atoms in total. The highest BCUT2D eigenvalue weighted by atomic mass is 35.5. The summed E-state index contributed by atoms with van der Waals surface area (Å²) in [5.41, 5.74) is 1.34. The van der Waals surface area contributed by atoms with Crippen molar-refractivity contribution in [2.45, 2.75) is 45.2 Å². The summed E-state index contributed by atoms with van der Waals surface area (Å²) in [5, 5.41) is 0.849. The van der Waals surface area contributed by atoms with Crippen molar-refractivity contribution in [3.8, 4) is 0 Å². The second kappa shape index (κ2) is 7.13. The fourth-order valence-corrected chi connectivity index (χ4v) is 4.13. The third-order valence-electron chi connectivity index (χ3n) is 5.13. The first kappa shape index (κ1) is 15.3. The molecule has 1 aromatic carbocycles. The Hall–Kier alpha value is -0.570. The van der Waals surface area contributed by atoms with E-state index in [1.54, 1.807) is 0 Å². The predicted octanol–water partition coefficient (Wildman–Crippen LogP) is 4.04. The highest BCUT2D eigenvalue weighted by Crippen LogP contribution is 2.28. The van der Waals surface area contributed by atoms with Crippen LogP contribution >= 0.6 is 11.6 Å². The summed E-state index contributed by atoms with van der Waals surface area (Å²) in [4.78, 5) is 5.30. The Morgan fingerprint density at radius 3 is 2.67 bits per heavy atom. The van der Waals surface area contributed by atoms with E-state index in [1.807, 2.05) is 6.07 Å².